The SMILES string of the molecule is CCC1(CC)CC(NC(=O)CCCN(c2cccc(C(F)(F)F)c2)S(C)(=O)=O)c2ccccc2O1. The largest absolute Gasteiger partial charge is 0.487 e. The Morgan fingerprint density at radius 3 is 2.46 bits per heavy atom. The number of sulfonamides is 1. The van der Waals surface area contributed by atoms with Gasteiger partial charge in [0.1, 0.15) is 11.4 Å². The maximum Gasteiger partial charge on any atom is 0.416 e. The van der Waals surface area contributed by atoms with Gasteiger partial charge in [0.05, 0.1) is 23.5 Å². The molecular formula is C25H31F3N2O4S. The molecule has 2 aromatic rings. The number of fused-ring (bicyclic) bond motifs is 1. The first-order valence-electron chi connectivity index (χ1n) is 11.6. The zero-order valence-corrected chi connectivity index (χ0v) is 20.9. The van der Waals surface area contributed by atoms with Crippen molar-refractivity contribution in [3.63, 3.8) is 0 Å². The summed E-state index contributed by atoms with van der Waals surface area (Å²) in [5.74, 6) is 0.478. The van der Waals surface area contributed by atoms with E-state index in [1.807, 2.05) is 38.1 Å². The van der Waals surface area contributed by atoms with E-state index in [1.54, 1.807) is 0 Å². The number of ether oxygens (including phenoxy) is 1. The molecule has 1 atom stereocenters. The molecule has 0 fully saturated rings. The fourth-order valence-corrected chi connectivity index (χ4v) is 5.36. The molecule has 0 saturated heterocycles. The molecule has 1 heterocycles. The van der Waals surface area contributed by atoms with Crippen molar-refractivity contribution < 1.29 is 31.1 Å². The van der Waals surface area contributed by atoms with Crippen LogP contribution < -0.4 is 14.4 Å². The second-order valence-electron chi connectivity index (χ2n) is 8.84. The number of carbonyl (C=O) groups is 1. The van der Waals surface area contributed by atoms with Crippen LogP contribution in [-0.4, -0.2) is 32.7 Å². The van der Waals surface area contributed by atoms with E-state index in [2.05, 4.69) is 5.32 Å². The van der Waals surface area contributed by atoms with Crippen molar-refractivity contribution in [3.05, 3.63) is 59.7 Å². The number of alkyl halides is 3. The number of nitrogens with one attached hydrogen (secondary N) is 1. The number of para-hydroxylation sites is 1. The number of benzene rings is 2. The van der Waals surface area contributed by atoms with Gasteiger partial charge in [-0.15, -0.1) is 0 Å². The molecule has 0 radical (unpaired) electrons. The highest BCUT2D eigenvalue weighted by Gasteiger charge is 2.39. The van der Waals surface area contributed by atoms with Crippen LogP contribution in [0.1, 0.15) is 63.1 Å². The van der Waals surface area contributed by atoms with E-state index in [1.165, 1.54) is 12.1 Å². The van der Waals surface area contributed by atoms with Crippen LogP contribution >= 0.6 is 0 Å². The minimum absolute atomic E-state index is 0.0236. The van der Waals surface area contributed by atoms with Crippen molar-refractivity contribution in [1.29, 1.82) is 0 Å². The molecule has 6 nitrogen and oxygen atoms in total. The van der Waals surface area contributed by atoms with Crippen LogP contribution in [0.3, 0.4) is 0 Å². The number of carbonyl (C=O) groups excluding carboxylic acids is 1. The lowest BCUT2D eigenvalue weighted by molar-refractivity contribution is -0.137. The summed E-state index contributed by atoms with van der Waals surface area (Å²) >= 11 is 0. The van der Waals surface area contributed by atoms with E-state index in [0.29, 0.717) is 6.42 Å². The summed E-state index contributed by atoms with van der Waals surface area (Å²) in [5.41, 5.74) is -0.519. The van der Waals surface area contributed by atoms with Gasteiger partial charge in [-0.1, -0.05) is 38.1 Å². The molecule has 2 aromatic carbocycles. The van der Waals surface area contributed by atoms with E-state index in [9.17, 15) is 26.4 Å². The van der Waals surface area contributed by atoms with Gasteiger partial charge in [-0.25, -0.2) is 8.42 Å². The van der Waals surface area contributed by atoms with Crippen LogP contribution in [0, 0.1) is 0 Å². The number of rotatable bonds is 9. The lowest BCUT2D eigenvalue weighted by Crippen LogP contribution is -2.44. The fraction of sp³-hybridized carbons (Fsp3) is 0.480. The smallest absolute Gasteiger partial charge is 0.416 e. The monoisotopic (exact) mass is 512 g/mol. The summed E-state index contributed by atoms with van der Waals surface area (Å²) < 4.78 is 71.0. The number of halogens is 3. The summed E-state index contributed by atoms with van der Waals surface area (Å²) in [6, 6.07) is 11.5. The molecule has 0 aliphatic carbocycles. The molecule has 192 valence electrons. The van der Waals surface area contributed by atoms with Crippen LogP contribution in [0.25, 0.3) is 0 Å². The summed E-state index contributed by atoms with van der Waals surface area (Å²) in [6.07, 6.45) is -1.31. The molecule has 1 aliphatic rings. The molecule has 1 aliphatic heterocycles. The molecule has 1 N–H and O–H groups in total. The van der Waals surface area contributed by atoms with Crippen molar-refractivity contribution in [2.75, 3.05) is 17.1 Å². The average molecular weight is 513 g/mol. The first kappa shape index (κ1) is 26.8. The van der Waals surface area contributed by atoms with E-state index in [4.69, 9.17) is 4.74 Å². The van der Waals surface area contributed by atoms with E-state index in [0.717, 1.165) is 46.8 Å². The molecule has 3 rings (SSSR count). The van der Waals surface area contributed by atoms with Gasteiger partial charge in [0.15, 0.2) is 0 Å². The van der Waals surface area contributed by atoms with Crippen molar-refractivity contribution in [2.45, 2.75) is 63.8 Å². The molecule has 0 aromatic heterocycles. The third-order valence-corrected chi connectivity index (χ3v) is 7.64. The molecule has 35 heavy (non-hydrogen) atoms. The van der Waals surface area contributed by atoms with Gasteiger partial charge in [0, 0.05) is 24.9 Å². The van der Waals surface area contributed by atoms with Crippen molar-refractivity contribution >= 4 is 21.6 Å². The fourth-order valence-electron chi connectivity index (χ4n) is 4.40. The van der Waals surface area contributed by atoms with Gasteiger partial charge in [0.25, 0.3) is 0 Å². The van der Waals surface area contributed by atoms with Gasteiger partial charge in [0.2, 0.25) is 15.9 Å². The Hall–Kier alpha value is -2.75. The van der Waals surface area contributed by atoms with Gasteiger partial charge in [-0.05, 0) is 43.5 Å². The van der Waals surface area contributed by atoms with Crippen molar-refractivity contribution in [3.8, 4) is 5.75 Å². The Labute approximate surface area is 204 Å². The Bertz CT molecular complexity index is 1150. The maximum atomic E-state index is 13.1. The number of nitrogens with zero attached hydrogens (tertiary/aromatic N) is 1. The lowest BCUT2D eigenvalue weighted by Gasteiger charge is -2.41. The lowest BCUT2D eigenvalue weighted by atomic mass is 9.83. The minimum Gasteiger partial charge on any atom is -0.487 e. The maximum absolute atomic E-state index is 13.1. The zero-order valence-electron chi connectivity index (χ0n) is 20.1. The third-order valence-electron chi connectivity index (χ3n) is 6.45. The van der Waals surface area contributed by atoms with Crippen LogP contribution in [0.4, 0.5) is 18.9 Å². The highest BCUT2D eigenvalue weighted by atomic mass is 32.2. The summed E-state index contributed by atoms with van der Waals surface area (Å²) in [6.45, 7) is 3.97. The van der Waals surface area contributed by atoms with Crippen molar-refractivity contribution in [1.82, 2.24) is 5.32 Å². The Morgan fingerprint density at radius 1 is 1.14 bits per heavy atom. The van der Waals surface area contributed by atoms with Crippen LogP contribution in [0.2, 0.25) is 0 Å². The third kappa shape index (κ3) is 6.48. The number of hydrogen-bond donors (Lipinski definition) is 1. The second kappa shape index (κ2) is 10.5. The Morgan fingerprint density at radius 2 is 1.83 bits per heavy atom. The highest BCUT2D eigenvalue weighted by molar-refractivity contribution is 7.92. The second-order valence-corrected chi connectivity index (χ2v) is 10.7. The van der Waals surface area contributed by atoms with Crippen LogP contribution in [0.15, 0.2) is 48.5 Å². The predicted octanol–water partition coefficient (Wildman–Crippen LogP) is 5.45. The highest BCUT2D eigenvalue weighted by Crippen LogP contribution is 2.42. The molecule has 0 saturated carbocycles. The van der Waals surface area contributed by atoms with Crippen molar-refractivity contribution in [2.24, 2.45) is 0 Å². The molecule has 1 unspecified atom stereocenters. The van der Waals surface area contributed by atoms with Gasteiger partial charge >= 0.3 is 6.18 Å². The standard InChI is InChI=1S/C25H31F3N2O4S/c1-4-24(5-2)17-21(20-12-6-7-13-22(20)34-24)29-23(31)14-9-15-30(35(3,32)33)19-11-8-10-18(16-19)25(26,27)28/h6-8,10-13,16,21H,4-5,9,14-15,17H2,1-3H3,(H,29,31). The van der Waals surface area contributed by atoms with Gasteiger partial charge in [-0.3, -0.25) is 9.10 Å². The van der Waals surface area contributed by atoms with E-state index >= 15 is 0 Å². The Balaban J connectivity index is 1.69. The normalized spacial score (nSPS) is 17.3. The van der Waals surface area contributed by atoms with Crippen LogP contribution in [0.5, 0.6) is 5.75 Å². The molecular weight excluding hydrogens is 481 g/mol. The topological polar surface area (TPSA) is 75.7 Å². The average Bonchev–Trinajstić information content (AvgIpc) is 2.80. The van der Waals surface area contributed by atoms with E-state index in [-0.39, 0.29) is 42.6 Å². The summed E-state index contributed by atoms with van der Waals surface area (Å²) in [4.78, 5) is 12.8. The molecule has 0 spiro atoms. The quantitative estimate of drug-likeness (QED) is 0.485. The Kier molecular flexibility index (Phi) is 8.03. The first-order valence-corrected chi connectivity index (χ1v) is 13.5. The number of anilines is 1. The first-order chi connectivity index (χ1) is 16.4. The zero-order chi connectivity index (χ0) is 25.9. The minimum atomic E-state index is -4.59. The summed E-state index contributed by atoms with van der Waals surface area (Å²) in [7, 11) is -3.85. The molecule has 10 heteroatoms. The van der Waals surface area contributed by atoms with E-state index < -0.39 is 21.8 Å². The number of hydrogen-bond acceptors (Lipinski definition) is 4. The molecule has 0 bridgehead atoms. The van der Waals surface area contributed by atoms with Gasteiger partial charge < -0.3 is 10.1 Å². The predicted molar refractivity (Wildman–Crippen MR) is 129 cm³/mol. The molecule has 1 amide bonds. The van der Waals surface area contributed by atoms with Crippen LogP contribution in [-0.2, 0) is 21.0 Å². The summed E-state index contributed by atoms with van der Waals surface area (Å²) in [5, 5.41) is 3.04. The number of amides is 1. The van der Waals surface area contributed by atoms with Gasteiger partial charge in [-0.2, -0.15) is 13.2 Å².